The molecule has 14 nitrogen and oxygen atoms in total. The van der Waals surface area contributed by atoms with Crippen LogP contribution in [0, 0.1) is 12.8 Å². The number of pyridine rings is 1. The van der Waals surface area contributed by atoms with E-state index in [1.165, 1.54) is 23.9 Å². The molecule has 0 radical (unpaired) electrons. The molecule has 2 aromatic carbocycles. The molecule has 3 aromatic rings. The van der Waals surface area contributed by atoms with Crippen molar-refractivity contribution in [2.45, 2.75) is 71.5 Å². The Hall–Kier alpha value is -5.51. The van der Waals surface area contributed by atoms with E-state index in [2.05, 4.69) is 50.2 Å². The van der Waals surface area contributed by atoms with Gasteiger partial charge in [-0.2, -0.15) is 5.54 Å². The number of nitrogens with one attached hydrogen (secondary N) is 2. The third kappa shape index (κ3) is 14.1. The molecular formula is C45H62FN9O5. The molecule has 0 saturated carbocycles. The zero-order chi connectivity index (χ0) is 43.4. The number of anilines is 2. The highest BCUT2D eigenvalue weighted by molar-refractivity contribution is 6.19. The molecule has 1 saturated heterocycles. The van der Waals surface area contributed by atoms with Crippen LogP contribution in [0.1, 0.15) is 87.8 Å². The van der Waals surface area contributed by atoms with Crippen LogP contribution in [0.4, 0.5) is 15.9 Å². The lowest BCUT2D eigenvalue weighted by Gasteiger charge is -2.35. The molecule has 2 atom stereocenters. The van der Waals surface area contributed by atoms with Gasteiger partial charge in [0, 0.05) is 82.3 Å². The predicted octanol–water partition coefficient (Wildman–Crippen LogP) is 5.00. The summed E-state index contributed by atoms with van der Waals surface area (Å²) in [4.78, 5) is 61.9. The van der Waals surface area contributed by atoms with Gasteiger partial charge in [0.15, 0.2) is 0 Å². The summed E-state index contributed by atoms with van der Waals surface area (Å²) in [5.74, 6) is -0.264. The summed E-state index contributed by atoms with van der Waals surface area (Å²) in [6.45, 7) is 11.1. The molecule has 324 valence electrons. The molecule has 0 bridgehead atoms. The first kappa shape index (κ1) is 47.2. The fraction of sp³-hybridized carbons (Fsp3) is 0.467. The van der Waals surface area contributed by atoms with E-state index in [9.17, 15) is 23.7 Å². The maximum Gasteiger partial charge on any atom is 0.279 e. The molecule has 1 aliphatic rings. The second-order valence-corrected chi connectivity index (χ2v) is 15.5. The Morgan fingerprint density at radius 3 is 2.52 bits per heavy atom. The van der Waals surface area contributed by atoms with Gasteiger partial charge in [-0.3, -0.25) is 29.4 Å². The number of nitrogens with zero attached hydrogens (tertiary/aromatic N) is 5. The van der Waals surface area contributed by atoms with E-state index in [1.54, 1.807) is 14.0 Å². The van der Waals surface area contributed by atoms with Crippen LogP contribution in [0.3, 0.4) is 0 Å². The number of amides is 1. The van der Waals surface area contributed by atoms with Gasteiger partial charge in [-0.05, 0) is 99.5 Å². The molecule has 1 unspecified atom stereocenters. The van der Waals surface area contributed by atoms with Gasteiger partial charge in [-0.25, -0.2) is 0 Å². The number of nitrogen functional groups attached to an aromatic ring is 1. The third-order valence-corrected chi connectivity index (χ3v) is 11.0. The Bertz CT molecular complexity index is 1950. The van der Waals surface area contributed by atoms with Gasteiger partial charge in [0.2, 0.25) is 5.90 Å². The molecule has 0 aliphatic carbocycles. The molecule has 0 spiro atoms. The molecule has 2 heterocycles. The number of nitrogens with two attached hydrogens (primary N) is 2. The minimum atomic E-state index is -0.874. The summed E-state index contributed by atoms with van der Waals surface area (Å²) in [5.41, 5.74) is 20.4. The third-order valence-electron chi connectivity index (χ3n) is 11.0. The number of aliphatic imine (C=N–C) groups is 1. The van der Waals surface area contributed by atoms with E-state index in [1.807, 2.05) is 30.1 Å². The van der Waals surface area contributed by atoms with Crippen molar-refractivity contribution in [2.75, 3.05) is 71.0 Å². The summed E-state index contributed by atoms with van der Waals surface area (Å²) < 4.78 is 18.8. The highest BCUT2D eigenvalue weighted by atomic mass is 19.2. The number of aryl methyl sites for hydroxylation is 2. The average molecular weight is 828 g/mol. The van der Waals surface area contributed by atoms with Crippen LogP contribution in [0.15, 0.2) is 59.7 Å². The first-order chi connectivity index (χ1) is 29.0. The van der Waals surface area contributed by atoms with Crippen molar-refractivity contribution in [3.05, 3.63) is 93.9 Å². The summed E-state index contributed by atoms with van der Waals surface area (Å²) >= 11 is 0. The quantitative estimate of drug-likeness (QED) is 0.0237. The smallest absolute Gasteiger partial charge is 0.279 e. The first-order valence-electron chi connectivity index (χ1n) is 20.7. The number of hydrogen-bond donors (Lipinski definition) is 4. The number of benzene rings is 2. The molecule has 1 amide bonds. The average Bonchev–Trinajstić information content (AvgIpc) is 3.25. The van der Waals surface area contributed by atoms with E-state index in [0.29, 0.717) is 60.1 Å². The van der Waals surface area contributed by atoms with Gasteiger partial charge >= 0.3 is 0 Å². The van der Waals surface area contributed by atoms with Crippen molar-refractivity contribution in [1.29, 1.82) is 0 Å². The number of halogens is 1. The standard InChI is InChI=1S/C45H62FN9O5/c1-32(9-8-22-60-45(49-3)39(26-47)42-25-37(44(59)52-46)23-33(2)51-42)27-50-43-24-34(14-15-41(43)48)28-55-19-17-54(18-20-55)16-6-12-35-10-5-11-36(30-57)40(35)29-53(4)38(31-58)13-7-21-56/h5,10-11,14-15,21,23-26,30-32,38,50H,6-9,12-13,16-20,22,27-29,47-48H2,1-4H3,(H,52,59)/t32-,38?/m1/s1. The summed E-state index contributed by atoms with van der Waals surface area (Å²) in [5, 5.41) is 3.55. The lowest BCUT2D eigenvalue weighted by Crippen LogP contribution is -2.46. The normalized spacial score (nSPS) is 15.0. The van der Waals surface area contributed by atoms with Crippen molar-refractivity contribution in [1.82, 2.24) is 25.2 Å². The van der Waals surface area contributed by atoms with Crippen LogP contribution in [-0.2, 0) is 33.8 Å². The van der Waals surface area contributed by atoms with E-state index < -0.39 is 5.91 Å². The highest BCUT2D eigenvalue weighted by Crippen LogP contribution is 2.24. The number of carbonyl (C=O) groups excluding carboxylic acids is 4. The zero-order valence-corrected chi connectivity index (χ0v) is 35.5. The zero-order valence-electron chi connectivity index (χ0n) is 35.5. The lowest BCUT2D eigenvalue weighted by molar-refractivity contribution is -0.113. The highest BCUT2D eigenvalue weighted by Gasteiger charge is 2.21. The van der Waals surface area contributed by atoms with Gasteiger partial charge in [0.25, 0.3) is 5.91 Å². The van der Waals surface area contributed by atoms with Gasteiger partial charge in [0.1, 0.15) is 18.9 Å². The van der Waals surface area contributed by atoms with E-state index in [4.69, 9.17) is 16.2 Å². The van der Waals surface area contributed by atoms with Crippen molar-refractivity contribution in [3.63, 3.8) is 0 Å². The number of rotatable bonds is 24. The van der Waals surface area contributed by atoms with E-state index in [0.717, 1.165) is 113 Å². The summed E-state index contributed by atoms with van der Waals surface area (Å²) in [6, 6.07) is 14.6. The van der Waals surface area contributed by atoms with Crippen LogP contribution in [0.2, 0.25) is 0 Å². The minimum absolute atomic E-state index is 0.112. The Balaban J connectivity index is 1.19. The molecule has 60 heavy (non-hydrogen) atoms. The fourth-order valence-corrected chi connectivity index (χ4v) is 7.48. The molecule has 1 fully saturated rings. The number of carbonyl (C=O) groups is 4. The van der Waals surface area contributed by atoms with E-state index in [-0.39, 0.29) is 17.5 Å². The maximum absolute atomic E-state index is 12.8. The Morgan fingerprint density at radius 1 is 1.07 bits per heavy atom. The Kier molecular flexibility index (Phi) is 19.3. The fourth-order valence-electron chi connectivity index (χ4n) is 7.48. The minimum Gasteiger partial charge on any atom is -0.477 e. The monoisotopic (exact) mass is 827 g/mol. The van der Waals surface area contributed by atoms with Crippen LogP contribution < -0.4 is 22.3 Å². The van der Waals surface area contributed by atoms with Gasteiger partial charge in [-0.15, -0.1) is 0 Å². The number of piperazine rings is 1. The molecule has 4 rings (SSSR count). The second kappa shape index (κ2) is 24.5. The van der Waals surface area contributed by atoms with E-state index >= 15 is 0 Å². The topological polar surface area (TPSA) is 189 Å². The number of aldehydes is 3. The SMILES string of the molecule is CN=C(OCCC[C@@H](C)CNc1cc(CN2CCN(CCCc3cccc(C=O)c3CN(C)C(C=O)CCC=O)CC2)ccc1N)C(=CN)c1cc(C(=O)NF)cc(C)n1. The number of likely N-dealkylation sites (N-methyl/N-ethyl adjacent to an activating group) is 1. The van der Waals surface area contributed by atoms with Crippen LogP contribution in [-0.4, -0.2) is 116 Å². The van der Waals surface area contributed by atoms with Gasteiger partial charge in [0.05, 0.1) is 35.3 Å². The van der Waals surface area contributed by atoms with Gasteiger partial charge in [-0.1, -0.05) is 35.7 Å². The molecule has 1 aliphatic heterocycles. The van der Waals surface area contributed by atoms with Crippen molar-refractivity contribution < 1.29 is 28.4 Å². The van der Waals surface area contributed by atoms with Crippen LogP contribution >= 0.6 is 0 Å². The largest absolute Gasteiger partial charge is 0.477 e. The van der Waals surface area contributed by atoms with Crippen molar-refractivity contribution >= 4 is 47.6 Å². The van der Waals surface area contributed by atoms with Crippen molar-refractivity contribution in [2.24, 2.45) is 16.6 Å². The Labute approximate surface area is 353 Å². The van der Waals surface area contributed by atoms with Crippen LogP contribution in [0.25, 0.3) is 5.57 Å². The number of aromatic nitrogens is 1. The van der Waals surface area contributed by atoms with Crippen LogP contribution in [0.5, 0.6) is 0 Å². The maximum atomic E-state index is 12.8. The number of ether oxygens (including phenoxy) is 1. The predicted molar refractivity (Wildman–Crippen MR) is 235 cm³/mol. The lowest BCUT2D eigenvalue weighted by atomic mass is 9.97. The Morgan fingerprint density at radius 2 is 1.83 bits per heavy atom. The summed E-state index contributed by atoms with van der Waals surface area (Å²) in [6.07, 6.45) is 8.13. The molecule has 6 N–H and O–H groups in total. The van der Waals surface area contributed by atoms with Gasteiger partial charge < -0.3 is 36.0 Å². The second-order valence-electron chi connectivity index (χ2n) is 15.5. The molecule has 15 heteroatoms. The molecular weight excluding hydrogens is 766 g/mol. The van der Waals surface area contributed by atoms with Crippen molar-refractivity contribution in [3.8, 4) is 0 Å². The first-order valence-corrected chi connectivity index (χ1v) is 20.7. The summed E-state index contributed by atoms with van der Waals surface area (Å²) in [7, 11) is 3.45. The number of hydrogen-bond acceptors (Lipinski definition) is 13. The molecule has 1 aromatic heterocycles.